The van der Waals surface area contributed by atoms with Crippen molar-refractivity contribution in [3.63, 3.8) is 0 Å². The number of fused-ring (bicyclic) bond motifs is 1. The van der Waals surface area contributed by atoms with Crippen LogP contribution in [0.5, 0.6) is 0 Å². The molecule has 2 nitrogen and oxygen atoms in total. The van der Waals surface area contributed by atoms with Crippen LogP contribution in [0.1, 0.15) is 10.9 Å². The summed E-state index contributed by atoms with van der Waals surface area (Å²) in [5, 5.41) is 3.11. The summed E-state index contributed by atoms with van der Waals surface area (Å²) in [6.07, 6.45) is 0. The normalized spacial score (nSPS) is 17.7. The predicted molar refractivity (Wildman–Crippen MR) is 103 cm³/mol. The van der Waals surface area contributed by atoms with Gasteiger partial charge in [-0.25, -0.2) is 0 Å². The number of hydrogen-bond acceptors (Lipinski definition) is 2. The molecule has 0 N–H and O–H groups in total. The maximum absolute atomic E-state index is 12.5. The van der Waals surface area contributed by atoms with Crippen LogP contribution >= 0.6 is 35.0 Å². The number of rotatable bonds is 2. The van der Waals surface area contributed by atoms with Gasteiger partial charge in [-0.15, -0.1) is 11.8 Å². The van der Waals surface area contributed by atoms with E-state index in [-0.39, 0.29) is 11.3 Å². The van der Waals surface area contributed by atoms with E-state index in [4.69, 9.17) is 23.2 Å². The Bertz CT molecular complexity index is 944. The molecule has 1 amide bonds. The van der Waals surface area contributed by atoms with E-state index in [1.807, 2.05) is 53.4 Å². The number of amides is 1. The molecule has 3 aromatic rings. The van der Waals surface area contributed by atoms with Gasteiger partial charge in [-0.05, 0) is 29.0 Å². The molecule has 1 aliphatic heterocycles. The Morgan fingerprint density at radius 3 is 2.58 bits per heavy atom. The molecule has 0 unspecified atom stereocenters. The van der Waals surface area contributed by atoms with E-state index in [2.05, 4.69) is 6.07 Å². The quantitative estimate of drug-likeness (QED) is 0.555. The summed E-state index contributed by atoms with van der Waals surface area (Å²) in [5.41, 5.74) is 1.75. The molecule has 3 aromatic carbocycles. The maximum Gasteiger partial charge on any atom is 0.238 e. The summed E-state index contributed by atoms with van der Waals surface area (Å²) in [6.45, 7) is 0. The number of anilines is 1. The first-order valence-corrected chi connectivity index (χ1v) is 9.32. The fraction of sp³-hybridized carbons (Fsp3) is 0.105. The van der Waals surface area contributed by atoms with Crippen molar-refractivity contribution in [2.24, 2.45) is 0 Å². The van der Waals surface area contributed by atoms with Gasteiger partial charge in [0.05, 0.1) is 15.8 Å². The Morgan fingerprint density at radius 1 is 0.958 bits per heavy atom. The Kier molecular flexibility index (Phi) is 4.17. The van der Waals surface area contributed by atoms with Gasteiger partial charge in [0.25, 0.3) is 0 Å². The smallest absolute Gasteiger partial charge is 0.238 e. The van der Waals surface area contributed by atoms with Gasteiger partial charge >= 0.3 is 0 Å². The van der Waals surface area contributed by atoms with Crippen molar-refractivity contribution in [2.45, 2.75) is 5.37 Å². The lowest BCUT2D eigenvalue weighted by molar-refractivity contribution is -0.115. The molecular formula is C19H13Cl2NOS. The van der Waals surface area contributed by atoms with Crippen LogP contribution in [0.15, 0.2) is 60.7 Å². The minimum Gasteiger partial charge on any atom is -0.295 e. The van der Waals surface area contributed by atoms with E-state index in [1.165, 1.54) is 0 Å². The van der Waals surface area contributed by atoms with Crippen molar-refractivity contribution in [3.05, 3.63) is 76.3 Å². The number of carbonyl (C=O) groups excluding carboxylic acids is 1. The molecule has 0 aromatic heterocycles. The first kappa shape index (κ1) is 15.8. The molecule has 1 atom stereocenters. The summed E-state index contributed by atoms with van der Waals surface area (Å²) in [6, 6.07) is 19.7. The summed E-state index contributed by atoms with van der Waals surface area (Å²) in [5.74, 6) is 0.511. The lowest BCUT2D eigenvalue weighted by atomic mass is 10.1. The summed E-state index contributed by atoms with van der Waals surface area (Å²) < 4.78 is 0. The van der Waals surface area contributed by atoms with Crippen molar-refractivity contribution in [3.8, 4) is 0 Å². The van der Waals surface area contributed by atoms with Crippen molar-refractivity contribution in [1.82, 2.24) is 0 Å². The van der Waals surface area contributed by atoms with Crippen LogP contribution in [-0.2, 0) is 4.79 Å². The highest BCUT2D eigenvalue weighted by Gasteiger charge is 2.35. The number of thioether (sulfide) groups is 1. The third kappa shape index (κ3) is 2.67. The molecule has 24 heavy (non-hydrogen) atoms. The fourth-order valence-corrected chi connectivity index (χ4v) is 4.65. The monoisotopic (exact) mass is 373 g/mol. The number of carbonyl (C=O) groups is 1. The summed E-state index contributed by atoms with van der Waals surface area (Å²) >= 11 is 14.1. The van der Waals surface area contributed by atoms with Crippen LogP contribution in [0, 0.1) is 0 Å². The SMILES string of the molecule is O=C1CS[C@@H](c2cccc(Cl)c2Cl)N1c1ccc2ccccc2c1. The van der Waals surface area contributed by atoms with Crippen molar-refractivity contribution < 1.29 is 4.79 Å². The van der Waals surface area contributed by atoms with Crippen molar-refractivity contribution in [1.29, 1.82) is 0 Å². The first-order valence-electron chi connectivity index (χ1n) is 7.51. The van der Waals surface area contributed by atoms with Crippen LogP contribution in [0.2, 0.25) is 10.0 Å². The minimum atomic E-state index is -0.162. The second-order valence-corrected chi connectivity index (χ2v) is 7.46. The molecule has 1 heterocycles. The van der Waals surface area contributed by atoms with E-state index in [0.29, 0.717) is 15.8 Å². The highest BCUT2D eigenvalue weighted by atomic mass is 35.5. The Labute approximate surface area is 154 Å². The number of hydrogen-bond donors (Lipinski definition) is 0. The standard InChI is InChI=1S/C19H13Cl2NOS/c20-16-7-3-6-15(18(16)21)19-22(17(23)11-24-19)14-9-8-12-4-1-2-5-13(12)10-14/h1-10,19H,11H2/t19-/m0/s1. The molecule has 5 heteroatoms. The molecule has 0 radical (unpaired) electrons. The van der Waals surface area contributed by atoms with Gasteiger partial charge < -0.3 is 0 Å². The molecular weight excluding hydrogens is 361 g/mol. The highest BCUT2D eigenvalue weighted by Crippen LogP contribution is 2.45. The Balaban J connectivity index is 1.81. The Hall–Kier alpha value is -1.68. The van der Waals surface area contributed by atoms with Gasteiger partial charge in [0, 0.05) is 11.3 Å². The average Bonchev–Trinajstić information content (AvgIpc) is 2.98. The van der Waals surface area contributed by atoms with Crippen LogP contribution in [0.4, 0.5) is 5.69 Å². The van der Waals surface area contributed by atoms with Crippen LogP contribution in [0.25, 0.3) is 10.8 Å². The van der Waals surface area contributed by atoms with E-state index in [0.717, 1.165) is 22.0 Å². The predicted octanol–water partition coefficient (Wildman–Crippen LogP) is 5.93. The zero-order valence-corrected chi connectivity index (χ0v) is 14.9. The lowest BCUT2D eigenvalue weighted by Crippen LogP contribution is -2.27. The van der Waals surface area contributed by atoms with Gasteiger partial charge in [-0.3, -0.25) is 9.69 Å². The second kappa shape index (κ2) is 6.32. The fourth-order valence-electron chi connectivity index (χ4n) is 2.97. The van der Waals surface area contributed by atoms with Gasteiger partial charge in [0.1, 0.15) is 5.37 Å². The zero-order chi connectivity index (χ0) is 16.7. The van der Waals surface area contributed by atoms with Gasteiger partial charge in [-0.1, -0.05) is 65.7 Å². The van der Waals surface area contributed by atoms with Gasteiger partial charge in [0.15, 0.2) is 0 Å². The number of benzene rings is 3. The molecule has 0 bridgehead atoms. The van der Waals surface area contributed by atoms with E-state index in [1.54, 1.807) is 17.8 Å². The molecule has 1 aliphatic rings. The van der Waals surface area contributed by atoms with Gasteiger partial charge in [0.2, 0.25) is 5.91 Å². The number of nitrogens with zero attached hydrogens (tertiary/aromatic N) is 1. The highest BCUT2D eigenvalue weighted by molar-refractivity contribution is 8.00. The molecule has 0 spiro atoms. The zero-order valence-electron chi connectivity index (χ0n) is 12.6. The third-order valence-electron chi connectivity index (χ3n) is 4.13. The van der Waals surface area contributed by atoms with Crippen LogP contribution in [0.3, 0.4) is 0 Å². The van der Waals surface area contributed by atoms with Crippen LogP contribution in [-0.4, -0.2) is 11.7 Å². The third-order valence-corrected chi connectivity index (χ3v) is 6.15. The topological polar surface area (TPSA) is 20.3 Å². The molecule has 1 fully saturated rings. The summed E-state index contributed by atoms with van der Waals surface area (Å²) in [4.78, 5) is 14.3. The van der Waals surface area contributed by atoms with Crippen LogP contribution < -0.4 is 4.90 Å². The average molecular weight is 374 g/mol. The molecule has 4 rings (SSSR count). The molecule has 120 valence electrons. The Morgan fingerprint density at radius 2 is 1.75 bits per heavy atom. The largest absolute Gasteiger partial charge is 0.295 e. The number of halogens is 2. The first-order chi connectivity index (χ1) is 11.6. The minimum absolute atomic E-state index is 0.0799. The summed E-state index contributed by atoms with van der Waals surface area (Å²) in [7, 11) is 0. The maximum atomic E-state index is 12.5. The van der Waals surface area contributed by atoms with Gasteiger partial charge in [-0.2, -0.15) is 0 Å². The van der Waals surface area contributed by atoms with E-state index < -0.39 is 0 Å². The molecule has 1 saturated heterocycles. The van der Waals surface area contributed by atoms with Crippen molar-refractivity contribution >= 4 is 57.3 Å². The molecule has 0 saturated carbocycles. The van der Waals surface area contributed by atoms with E-state index in [9.17, 15) is 4.79 Å². The van der Waals surface area contributed by atoms with Crippen molar-refractivity contribution in [2.75, 3.05) is 10.7 Å². The van der Waals surface area contributed by atoms with E-state index >= 15 is 0 Å². The molecule has 0 aliphatic carbocycles. The lowest BCUT2D eigenvalue weighted by Gasteiger charge is -2.25. The second-order valence-electron chi connectivity index (χ2n) is 5.60.